The Morgan fingerprint density at radius 3 is 2.80 bits per heavy atom. The van der Waals surface area contributed by atoms with Crippen molar-refractivity contribution < 1.29 is 14.2 Å². The topological polar surface area (TPSA) is 51.5 Å². The number of nitrogens with zero attached hydrogens (tertiary/aromatic N) is 1. The number of hydrogen-bond acceptors (Lipinski definition) is 3. The van der Waals surface area contributed by atoms with Crippen LogP contribution in [-0.4, -0.2) is 16.8 Å². The van der Waals surface area contributed by atoms with E-state index in [1.54, 1.807) is 42.0 Å². The van der Waals surface area contributed by atoms with Crippen LogP contribution < -0.4 is 10.3 Å². The summed E-state index contributed by atoms with van der Waals surface area (Å²) in [6.45, 7) is 0.551. The lowest BCUT2D eigenvalue weighted by Gasteiger charge is -2.27. The highest BCUT2D eigenvalue weighted by atomic mass is 19.1. The molecule has 0 radical (unpaired) electrons. The van der Waals surface area contributed by atoms with Gasteiger partial charge in [-0.3, -0.25) is 4.79 Å². The molecule has 5 heteroatoms. The minimum absolute atomic E-state index is 0.133. The number of hydrogen-bond donors (Lipinski definition) is 1. The molecule has 25 heavy (non-hydrogen) atoms. The van der Waals surface area contributed by atoms with Crippen molar-refractivity contribution in [3.8, 4) is 16.9 Å². The van der Waals surface area contributed by atoms with Crippen LogP contribution in [0.3, 0.4) is 0 Å². The van der Waals surface area contributed by atoms with Crippen molar-refractivity contribution in [1.82, 2.24) is 4.57 Å². The van der Waals surface area contributed by atoms with Crippen LogP contribution in [0.2, 0.25) is 0 Å². The van der Waals surface area contributed by atoms with Crippen LogP contribution in [0.5, 0.6) is 5.75 Å². The first-order valence-corrected chi connectivity index (χ1v) is 8.28. The smallest absolute Gasteiger partial charge is 0.258 e. The predicted octanol–water partition coefficient (Wildman–Crippen LogP) is 3.64. The van der Waals surface area contributed by atoms with Gasteiger partial charge >= 0.3 is 0 Å². The largest absolute Gasteiger partial charge is 0.497 e. The van der Waals surface area contributed by atoms with Crippen LogP contribution in [0.1, 0.15) is 24.6 Å². The summed E-state index contributed by atoms with van der Waals surface area (Å²) in [6.07, 6.45) is 0.561. The Kier molecular flexibility index (Phi) is 3.81. The summed E-state index contributed by atoms with van der Waals surface area (Å²) in [4.78, 5) is 12.9. The first kappa shape index (κ1) is 15.8. The zero-order valence-electron chi connectivity index (χ0n) is 13.8. The van der Waals surface area contributed by atoms with Gasteiger partial charge in [-0.15, -0.1) is 0 Å². The van der Waals surface area contributed by atoms with E-state index in [4.69, 9.17) is 4.74 Å². The highest BCUT2D eigenvalue weighted by Gasteiger charge is 2.26. The third kappa shape index (κ3) is 2.51. The van der Waals surface area contributed by atoms with Crippen LogP contribution in [-0.2, 0) is 6.54 Å². The fourth-order valence-corrected chi connectivity index (χ4v) is 3.67. The first-order chi connectivity index (χ1) is 12.1. The highest BCUT2D eigenvalue weighted by Crippen LogP contribution is 2.38. The lowest BCUT2D eigenvalue weighted by Crippen LogP contribution is -2.30. The van der Waals surface area contributed by atoms with Crippen molar-refractivity contribution in [3.05, 3.63) is 64.3 Å². The molecule has 3 aromatic rings. The van der Waals surface area contributed by atoms with Gasteiger partial charge in [-0.1, -0.05) is 12.1 Å². The maximum absolute atomic E-state index is 13.9. The van der Waals surface area contributed by atoms with Gasteiger partial charge in [-0.2, -0.15) is 0 Å². The van der Waals surface area contributed by atoms with Gasteiger partial charge in [0.25, 0.3) is 5.56 Å². The normalized spacial score (nSPS) is 16.7. The van der Waals surface area contributed by atoms with Crippen LogP contribution in [0.15, 0.2) is 47.3 Å². The van der Waals surface area contributed by atoms with E-state index in [0.29, 0.717) is 46.3 Å². The van der Waals surface area contributed by atoms with Gasteiger partial charge in [0.2, 0.25) is 0 Å². The molecule has 0 fully saturated rings. The third-order valence-electron chi connectivity index (χ3n) is 4.81. The molecule has 0 amide bonds. The summed E-state index contributed by atoms with van der Waals surface area (Å²) < 4.78 is 20.8. The van der Waals surface area contributed by atoms with Gasteiger partial charge in [-0.05, 0) is 48.7 Å². The molecule has 1 aromatic heterocycles. The number of fused-ring (bicyclic) bond motifs is 2. The van der Waals surface area contributed by atoms with Crippen LogP contribution >= 0.6 is 0 Å². The lowest BCUT2D eigenvalue weighted by atomic mass is 9.91. The highest BCUT2D eigenvalue weighted by molar-refractivity contribution is 5.98. The van der Waals surface area contributed by atoms with Gasteiger partial charge in [0.15, 0.2) is 0 Å². The number of halogens is 1. The minimum atomic E-state index is -0.754. The van der Waals surface area contributed by atoms with E-state index in [-0.39, 0.29) is 11.4 Å². The number of aliphatic hydroxyl groups is 1. The van der Waals surface area contributed by atoms with Crippen LogP contribution in [0, 0.1) is 5.82 Å². The Morgan fingerprint density at radius 2 is 2.04 bits per heavy atom. The number of methoxy groups -OCH3 is 1. The molecule has 4 rings (SSSR count). The average Bonchev–Trinajstić information content (AvgIpc) is 2.62. The van der Waals surface area contributed by atoms with E-state index < -0.39 is 6.10 Å². The van der Waals surface area contributed by atoms with Crippen molar-refractivity contribution in [2.75, 3.05) is 7.11 Å². The third-order valence-corrected chi connectivity index (χ3v) is 4.81. The predicted molar refractivity (Wildman–Crippen MR) is 94.3 cm³/mol. The minimum Gasteiger partial charge on any atom is -0.497 e. The molecule has 1 N–H and O–H groups in total. The van der Waals surface area contributed by atoms with E-state index in [2.05, 4.69) is 0 Å². The molecule has 4 nitrogen and oxygen atoms in total. The lowest BCUT2D eigenvalue weighted by molar-refractivity contribution is 0.138. The summed E-state index contributed by atoms with van der Waals surface area (Å²) in [5.74, 6) is 0.253. The Balaban J connectivity index is 2.19. The van der Waals surface area contributed by atoms with Crippen molar-refractivity contribution in [1.29, 1.82) is 0 Å². The van der Waals surface area contributed by atoms with E-state index in [0.717, 1.165) is 6.42 Å². The summed E-state index contributed by atoms with van der Waals surface area (Å²) in [6, 6.07) is 11.5. The molecular weight excluding hydrogens is 321 g/mol. The molecule has 0 saturated heterocycles. The molecule has 0 unspecified atom stereocenters. The molecule has 0 aliphatic carbocycles. The van der Waals surface area contributed by atoms with Gasteiger partial charge in [-0.25, -0.2) is 4.39 Å². The van der Waals surface area contributed by atoms with E-state index in [9.17, 15) is 14.3 Å². The van der Waals surface area contributed by atoms with Gasteiger partial charge in [0.1, 0.15) is 11.6 Å². The maximum atomic E-state index is 13.9. The Hall–Kier alpha value is -2.66. The van der Waals surface area contributed by atoms with Crippen molar-refractivity contribution in [3.63, 3.8) is 0 Å². The fourth-order valence-electron chi connectivity index (χ4n) is 3.67. The molecule has 128 valence electrons. The zero-order chi connectivity index (χ0) is 17.6. The molecule has 1 atom stereocenters. The second kappa shape index (κ2) is 6.01. The average molecular weight is 339 g/mol. The number of rotatable bonds is 2. The zero-order valence-corrected chi connectivity index (χ0v) is 13.8. The van der Waals surface area contributed by atoms with Gasteiger partial charge in [0.05, 0.1) is 18.9 Å². The number of pyridine rings is 1. The summed E-state index contributed by atoms with van der Waals surface area (Å²) in [7, 11) is 1.56. The number of aromatic nitrogens is 1. The number of benzene rings is 2. The van der Waals surface area contributed by atoms with Gasteiger partial charge in [0, 0.05) is 22.9 Å². The first-order valence-electron chi connectivity index (χ1n) is 8.28. The molecule has 2 aromatic carbocycles. The molecule has 0 spiro atoms. The van der Waals surface area contributed by atoms with Crippen molar-refractivity contribution in [2.45, 2.75) is 25.5 Å². The SMILES string of the molecule is COc1ccc2c(=O)n3c(c(-c4cccc(F)c4)c2c1)[C@@H](O)CCC3. The van der Waals surface area contributed by atoms with Crippen molar-refractivity contribution >= 4 is 10.8 Å². The Labute approximate surface area is 144 Å². The summed E-state index contributed by atoms with van der Waals surface area (Å²) >= 11 is 0. The summed E-state index contributed by atoms with van der Waals surface area (Å²) in [5, 5.41) is 11.8. The Bertz CT molecular complexity index is 1030. The fraction of sp³-hybridized carbons (Fsp3) is 0.250. The molecule has 2 heterocycles. The van der Waals surface area contributed by atoms with E-state index in [1.807, 2.05) is 0 Å². The van der Waals surface area contributed by atoms with Gasteiger partial charge < -0.3 is 14.4 Å². The number of aliphatic hydroxyl groups excluding tert-OH is 1. The monoisotopic (exact) mass is 339 g/mol. The Morgan fingerprint density at radius 1 is 1.20 bits per heavy atom. The molecule has 0 bridgehead atoms. The second-order valence-electron chi connectivity index (χ2n) is 6.30. The second-order valence-corrected chi connectivity index (χ2v) is 6.30. The van der Waals surface area contributed by atoms with E-state index in [1.165, 1.54) is 12.1 Å². The summed E-state index contributed by atoms with van der Waals surface area (Å²) in [5.41, 5.74) is 1.76. The maximum Gasteiger partial charge on any atom is 0.258 e. The quantitative estimate of drug-likeness (QED) is 0.775. The molecule has 1 aliphatic heterocycles. The van der Waals surface area contributed by atoms with E-state index >= 15 is 0 Å². The van der Waals surface area contributed by atoms with Crippen LogP contribution in [0.25, 0.3) is 21.9 Å². The van der Waals surface area contributed by atoms with Crippen molar-refractivity contribution in [2.24, 2.45) is 0 Å². The number of ether oxygens (including phenoxy) is 1. The standard InChI is InChI=1S/C20H18FNO3/c1-25-14-7-8-15-16(11-14)18(12-4-2-5-13(21)10-12)19-17(23)6-3-9-22(19)20(15)24/h2,4-5,7-8,10-11,17,23H,3,6,9H2,1H3/t17-/m0/s1. The molecular formula is C20H18FNO3. The van der Waals surface area contributed by atoms with Crippen LogP contribution in [0.4, 0.5) is 4.39 Å². The molecule has 0 saturated carbocycles. The molecule has 1 aliphatic rings.